The summed E-state index contributed by atoms with van der Waals surface area (Å²) < 4.78 is 4.92. The second-order valence-corrected chi connectivity index (χ2v) is 10.3. The highest BCUT2D eigenvalue weighted by Crippen LogP contribution is 2.21. The number of hydrogen-bond acceptors (Lipinski definition) is 11. The first-order valence-corrected chi connectivity index (χ1v) is 13.1. The van der Waals surface area contributed by atoms with E-state index in [1.807, 2.05) is 0 Å². The summed E-state index contributed by atoms with van der Waals surface area (Å²) in [5.74, 6) is -3.55. The largest absolute Gasteiger partial charge is 0.481 e. The zero-order valence-corrected chi connectivity index (χ0v) is 22.7. The van der Waals surface area contributed by atoms with E-state index in [2.05, 4.69) is 25.9 Å². The number of imidazole rings is 1. The van der Waals surface area contributed by atoms with Gasteiger partial charge in [-0.05, 0) is 0 Å². The van der Waals surface area contributed by atoms with Crippen molar-refractivity contribution < 1.29 is 43.7 Å². The number of rotatable bonds is 18. The third-order valence-corrected chi connectivity index (χ3v) is 6.06. The number of nitrogens with two attached hydrogens (primary N) is 1. The number of amides is 3. The van der Waals surface area contributed by atoms with Crippen molar-refractivity contribution in [1.29, 1.82) is 0 Å². The molecule has 16 heteroatoms. The van der Waals surface area contributed by atoms with Crippen LogP contribution in [0.5, 0.6) is 0 Å². The number of thioether (sulfide) groups is 1. The molecule has 2 atom stereocenters. The maximum atomic E-state index is 12.2. The van der Waals surface area contributed by atoms with Crippen LogP contribution >= 0.6 is 11.8 Å². The van der Waals surface area contributed by atoms with Gasteiger partial charge in [0.25, 0.3) is 0 Å². The highest BCUT2D eigenvalue weighted by molar-refractivity contribution is 8.13. The van der Waals surface area contributed by atoms with Gasteiger partial charge in [0.05, 0.1) is 25.8 Å². The van der Waals surface area contributed by atoms with Gasteiger partial charge in [-0.3, -0.25) is 28.8 Å². The predicted octanol–water partition coefficient (Wildman–Crippen LogP) is -1.93. The number of aromatic amines is 1. The van der Waals surface area contributed by atoms with Crippen LogP contribution in [0.4, 0.5) is 0 Å². The van der Waals surface area contributed by atoms with Crippen LogP contribution in [0.2, 0.25) is 0 Å². The Morgan fingerprint density at radius 3 is 2.44 bits per heavy atom. The van der Waals surface area contributed by atoms with Crippen molar-refractivity contribution in [3.05, 3.63) is 18.2 Å². The lowest BCUT2D eigenvalue weighted by atomic mass is 9.87. The number of hydrogen-bond donors (Lipinski definition) is 7. The summed E-state index contributed by atoms with van der Waals surface area (Å²) in [5, 5.41) is 26.3. The number of nitrogens with one attached hydrogen (secondary N) is 4. The third kappa shape index (κ3) is 14.3. The molecule has 0 spiro atoms. The predicted molar refractivity (Wildman–Crippen MR) is 139 cm³/mol. The number of carbonyl (C=O) groups is 6. The molecule has 0 bridgehead atoms. The van der Waals surface area contributed by atoms with Crippen LogP contribution in [0.25, 0.3) is 0 Å². The van der Waals surface area contributed by atoms with Crippen molar-refractivity contribution >= 4 is 46.5 Å². The highest BCUT2D eigenvalue weighted by atomic mass is 32.2. The molecule has 0 fully saturated rings. The first kappa shape index (κ1) is 33.5. The normalized spacial score (nSPS) is 12.6. The lowest BCUT2D eigenvalue weighted by Crippen LogP contribution is -2.47. The number of carbonyl (C=O) groups excluding carboxylic acids is 5. The van der Waals surface area contributed by atoms with Crippen LogP contribution in [-0.2, 0) is 39.9 Å². The molecule has 8 N–H and O–H groups in total. The molecule has 1 aromatic heterocycles. The molecular formula is C23H36N6O9S. The molecule has 0 unspecified atom stereocenters. The third-order valence-electron chi connectivity index (χ3n) is 5.19. The van der Waals surface area contributed by atoms with Crippen LogP contribution in [0.1, 0.15) is 38.8 Å². The Labute approximate surface area is 229 Å². The summed E-state index contributed by atoms with van der Waals surface area (Å²) in [4.78, 5) is 77.0. The van der Waals surface area contributed by atoms with E-state index in [4.69, 9.17) is 15.6 Å². The Morgan fingerprint density at radius 1 is 1.10 bits per heavy atom. The molecule has 218 valence electrons. The van der Waals surface area contributed by atoms with Crippen molar-refractivity contribution in [3.8, 4) is 0 Å². The number of ether oxygens (including phenoxy) is 1. The van der Waals surface area contributed by atoms with E-state index < -0.39 is 60.2 Å². The van der Waals surface area contributed by atoms with Crippen molar-refractivity contribution in [1.82, 2.24) is 25.9 Å². The van der Waals surface area contributed by atoms with Crippen LogP contribution in [-0.4, -0.2) is 99.1 Å². The van der Waals surface area contributed by atoms with Gasteiger partial charge in [0.1, 0.15) is 12.1 Å². The van der Waals surface area contributed by atoms with Crippen molar-refractivity contribution in [2.45, 2.75) is 51.7 Å². The van der Waals surface area contributed by atoms with E-state index in [1.54, 1.807) is 6.20 Å². The van der Waals surface area contributed by atoms with E-state index in [0.29, 0.717) is 13.0 Å². The molecule has 3 amide bonds. The quantitative estimate of drug-likeness (QED) is 0.0578. The second-order valence-electron chi connectivity index (χ2n) is 9.17. The average molecular weight is 573 g/mol. The summed E-state index contributed by atoms with van der Waals surface area (Å²) in [6, 6.07) is -1.37. The molecule has 39 heavy (non-hydrogen) atoms. The van der Waals surface area contributed by atoms with E-state index in [0.717, 1.165) is 17.5 Å². The number of aromatic nitrogens is 2. The smallest absolute Gasteiger partial charge is 0.323 e. The van der Waals surface area contributed by atoms with Gasteiger partial charge in [0.15, 0.2) is 5.12 Å². The fourth-order valence-corrected chi connectivity index (χ4v) is 3.58. The summed E-state index contributed by atoms with van der Waals surface area (Å²) in [6.45, 7) is 3.00. The van der Waals surface area contributed by atoms with Crippen molar-refractivity contribution in [3.63, 3.8) is 0 Å². The SMILES string of the molecule is CC(C)(COC(=O)[C@@H](N)CC(=O)O)[C@@H](O)C(=O)NCCC(=O)NCCSC(=O)CC(=O)NCCc1cnc[nH]1. The van der Waals surface area contributed by atoms with Gasteiger partial charge in [-0.25, -0.2) is 4.98 Å². The molecule has 0 aromatic carbocycles. The summed E-state index contributed by atoms with van der Waals surface area (Å²) in [6.07, 6.45) is 1.17. The lowest BCUT2D eigenvalue weighted by molar-refractivity contribution is -0.156. The number of aliphatic hydroxyl groups is 1. The second kappa shape index (κ2) is 17.2. The van der Waals surface area contributed by atoms with E-state index in [9.17, 15) is 33.9 Å². The number of carboxylic acid groups (broad SMARTS) is 1. The molecule has 15 nitrogen and oxygen atoms in total. The Morgan fingerprint density at radius 2 is 1.79 bits per heavy atom. The Bertz CT molecular complexity index is 987. The zero-order valence-electron chi connectivity index (χ0n) is 21.9. The first-order chi connectivity index (χ1) is 18.3. The van der Waals surface area contributed by atoms with Gasteiger partial charge in [-0.15, -0.1) is 0 Å². The number of H-pyrrole nitrogens is 1. The molecule has 0 aliphatic rings. The maximum absolute atomic E-state index is 12.2. The van der Waals surface area contributed by atoms with Crippen LogP contribution in [0.15, 0.2) is 12.5 Å². The van der Waals surface area contributed by atoms with Gasteiger partial charge in [-0.1, -0.05) is 25.6 Å². The molecule has 1 heterocycles. The first-order valence-electron chi connectivity index (χ1n) is 12.1. The lowest BCUT2D eigenvalue weighted by Gasteiger charge is -2.29. The molecule has 1 rings (SSSR count). The zero-order chi connectivity index (χ0) is 29.4. The standard InChI is InChI=1S/C23H36N6O9S/c1-23(2,12-38-22(37)15(24)9-18(32)33)20(35)21(36)28-6-4-16(30)27-7-8-39-19(34)10-17(31)26-5-3-14-11-25-13-29-14/h11,13,15,20,35H,3-10,12,24H2,1-2H3,(H,25,29)(H,26,31)(H,27,30)(H,28,36)(H,32,33)/t15-,20-/m0/s1. The van der Waals surface area contributed by atoms with Crippen LogP contribution in [0.3, 0.4) is 0 Å². The van der Waals surface area contributed by atoms with Gasteiger partial charge >= 0.3 is 11.9 Å². The number of nitrogens with zero attached hydrogens (tertiary/aromatic N) is 1. The minimum Gasteiger partial charge on any atom is -0.481 e. The molecular weight excluding hydrogens is 536 g/mol. The summed E-state index contributed by atoms with van der Waals surface area (Å²) in [7, 11) is 0. The average Bonchev–Trinajstić information content (AvgIpc) is 3.37. The Hall–Kier alpha value is -3.50. The summed E-state index contributed by atoms with van der Waals surface area (Å²) in [5.41, 5.74) is 5.06. The molecule has 0 aliphatic heterocycles. The fraction of sp³-hybridized carbons (Fsp3) is 0.609. The van der Waals surface area contributed by atoms with Crippen LogP contribution < -0.4 is 21.7 Å². The van der Waals surface area contributed by atoms with E-state index in [1.165, 1.54) is 20.2 Å². The number of esters is 1. The number of aliphatic carboxylic acids is 1. The minimum atomic E-state index is -1.59. The van der Waals surface area contributed by atoms with Crippen molar-refractivity contribution in [2.75, 3.05) is 32.0 Å². The molecule has 0 radical (unpaired) electrons. The minimum absolute atomic E-state index is 0.0775. The van der Waals surface area contributed by atoms with Crippen molar-refractivity contribution in [2.24, 2.45) is 11.1 Å². The monoisotopic (exact) mass is 572 g/mol. The van der Waals surface area contributed by atoms with E-state index in [-0.39, 0.29) is 36.8 Å². The highest BCUT2D eigenvalue weighted by Gasteiger charge is 2.35. The topological polar surface area (TPSA) is 243 Å². The van der Waals surface area contributed by atoms with Gasteiger partial charge in [0, 0.05) is 55.5 Å². The summed E-state index contributed by atoms with van der Waals surface area (Å²) >= 11 is 0.918. The van der Waals surface area contributed by atoms with Gasteiger partial charge in [0.2, 0.25) is 17.7 Å². The van der Waals surface area contributed by atoms with Gasteiger partial charge in [-0.2, -0.15) is 0 Å². The molecule has 0 aliphatic carbocycles. The number of carboxylic acids is 1. The Balaban J connectivity index is 2.18. The Kier molecular flexibility index (Phi) is 14.8. The fourth-order valence-electron chi connectivity index (χ4n) is 2.91. The van der Waals surface area contributed by atoms with Crippen LogP contribution in [0, 0.1) is 5.41 Å². The molecule has 0 saturated carbocycles. The van der Waals surface area contributed by atoms with Gasteiger partial charge < -0.3 is 41.6 Å². The van der Waals surface area contributed by atoms with E-state index >= 15 is 0 Å². The molecule has 1 aromatic rings. The maximum Gasteiger partial charge on any atom is 0.323 e. The molecule has 0 saturated heterocycles. The number of aliphatic hydroxyl groups excluding tert-OH is 1.